The predicted octanol–water partition coefficient (Wildman–Crippen LogP) is 3.44. The normalized spacial score (nSPS) is 30.4. The molecule has 2 heterocycles. The van der Waals surface area contributed by atoms with Crippen LogP contribution in [0.2, 0.25) is 0 Å². The molecule has 0 unspecified atom stereocenters. The van der Waals surface area contributed by atoms with Gasteiger partial charge in [-0.1, -0.05) is 30.3 Å². The summed E-state index contributed by atoms with van der Waals surface area (Å²) in [6, 6.07) is 10.6. The zero-order valence-electron chi connectivity index (χ0n) is 17.5. The Morgan fingerprint density at radius 2 is 1.90 bits per heavy atom. The van der Waals surface area contributed by atoms with E-state index in [1.807, 2.05) is 13.3 Å². The van der Waals surface area contributed by atoms with E-state index in [-0.39, 0.29) is 24.0 Å². The molecule has 0 N–H and O–H groups in total. The fourth-order valence-corrected chi connectivity index (χ4v) is 4.82. The highest BCUT2D eigenvalue weighted by Gasteiger charge is 2.41. The monoisotopic (exact) mass is 396 g/mol. The van der Waals surface area contributed by atoms with Crippen LogP contribution in [0.15, 0.2) is 40.4 Å². The van der Waals surface area contributed by atoms with Gasteiger partial charge in [-0.05, 0) is 44.1 Å². The fourth-order valence-electron chi connectivity index (χ4n) is 4.82. The molecule has 2 atom stereocenters. The van der Waals surface area contributed by atoms with E-state index in [0.717, 1.165) is 38.1 Å². The highest BCUT2D eigenvalue weighted by molar-refractivity contribution is 5.94. The summed E-state index contributed by atoms with van der Waals surface area (Å²) in [5.41, 5.74) is 1.44. The quantitative estimate of drug-likeness (QED) is 0.782. The van der Waals surface area contributed by atoms with Crippen molar-refractivity contribution in [3.05, 3.63) is 35.9 Å². The highest BCUT2D eigenvalue weighted by atomic mass is 16.5. The summed E-state index contributed by atoms with van der Waals surface area (Å²) in [4.78, 5) is 19.5. The zero-order valence-corrected chi connectivity index (χ0v) is 17.5. The summed E-state index contributed by atoms with van der Waals surface area (Å²) in [6.07, 6.45) is 7.92. The summed E-state index contributed by atoms with van der Waals surface area (Å²) in [5, 5.41) is 6.21. The van der Waals surface area contributed by atoms with Crippen LogP contribution in [0.25, 0.3) is 0 Å². The maximum atomic E-state index is 12.7. The van der Waals surface area contributed by atoms with E-state index < -0.39 is 0 Å². The van der Waals surface area contributed by atoms with Crippen molar-refractivity contribution in [1.29, 1.82) is 0 Å². The van der Waals surface area contributed by atoms with Crippen LogP contribution in [-0.4, -0.2) is 66.3 Å². The molecule has 2 aliphatic heterocycles. The molecule has 1 saturated carbocycles. The molecule has 4 rings (SSSR count). The lowest BCUT2D eigenvalue weighted by atomic mass is 9.83. The molecule has 29 heavy (non-hydrogen) atoms. The second-order valence-corrected chi connectivity index (χ2v) is 8.45. The molecule has 1 aromatic rings. The molecular weight excluding hydrogens is 364 g/mol. The van der Waals surface area contributed by atoms with Gasteiger partial charge in [0.05, 0.1) is 12.7 Å². The summed E-state index contributed by atoms with van der Waals surface area (Å²) in [6.45, 7) is 3.24. The van der Waals surface area contributed by atoms with Crippen molar-refractivity contribution in [3.63, 3.8) is 0 Å². The van der Waals surface area contributed by atoms with Gasteiger partial charge < -0.3 is 9.64 Å². The number of rotatable bonds is 4. The maximum absolute atomic E-state index is 12.7. The van der Waals surface area contributed by atoms with Gasteiger partial charge in [0, 0.05) is 38.7 Å². The molecule has 1 aliphatic carbocycles. The minimum absolute atomic E-state index is 0.124. The SMILES string of the molecule is C[C@@H]1CC(=O)[C@H](COC2CCC(c3ccccc3)CC2)N1C1=NCCC=NN1C. The van der Waals surface area contributed by atoms with Crippen LogP contribution in [-0.2, 0) is 9.53 Å². The van der Waals surface area contributed by atoms with Crippen LogP contribution in [0, 0.1) is 0 Å². The van der Waals surface area contributed by atoms with Crippen LogP contribution >= 0.6 is 0 Å². The van der Waals surface area contributed by atoms with Gasteiger partial charge in [-0.15, -0.1) is 0 Å². The van der Waals surface area contributed by atoms with Crippen LogP contribution in [0.3, 0.4) is 0 Å². The predicted molar refractivity (Wildman–Crippen MR) is 115 cm³/mol. The van der Waals surface area contributed by atoms with Gasteiger partial charge in [0.1, 0.15) is 6.04 Å². The number of carbonyl (C=O) groups is 1. The summed E-state index contributed by atoms with van der Waals surface area (Å²) >= 11 is 0. The zero-order chi connectivity index (χ0) is 20.2. The molecule has 0 spiro atoms. The third-order valence-electron chi connectivity index (χ3n) is 6.40. The molecule has 1 saturated heterocycles. The standard InChI is InChI=1S/C23H32N4O2/c1-17-15-22(28)21(27(17)23-24-13-6-14-25-26(23)2)16-29-20-11-9-19(10-12-20)18-7-4-3-5-8-18/h3-5,7-8,14,17,19-21H,6,9-13,15-16H2,1-2H3/t17-,19?,20?,21+/m1/s1. The Bertz CT molecular complexity index is 755. The van der Waals surface area contributed by atoms with Crippen LogP contribution in [0.5, 0.6) is 0 Å². The number of carbonyl (C=O) groups excluding carboxylic acids is 1. The average molecular weight is 397 g/mol. The van der Waals surface area contributed by atoms with Crippen molar-refractivity contribution in [2.45, 2.75) is 69.6 Å². The van der Waals surface area contributed by atoms with Gasteiger partial charge in [-0.25, -0.2) is 5.01 Å². The molecule has 0 amide bonds. The molecule has 156 valence electrons. The lowest BCUT2D eigenvalue weighted by Gasteiger charge is -2.34. The van der Waals surface area contributed by atoms with E-state index in [0.29, 0.717) is 25.5 Å². The largest absolute Gasteiger partial charge is 0.376 e. The molecule has 0 bridgehead atoms. The lowest BCUT2D eigenvalue weighted by Crippen LogP contribution is -2.49. The van der Waals surface area contributed by atoms with Gasteiger partial charge >= 0.3 is 0 Å². The molecule has 0 radical (unpaired) electrons. The highest BCUT2D eigenvalue weighted by Crippen LogP contribution is 2.34. The first kappa shape index (κ1) is 20.1. The van der Waals surface area contributed by atoms with E-state index in [1.54, 1.807) is 5.01 Å². The number of aliphatic imine (C=N–C) groups is 1. The number of likely N-dealkylation sites (tertiary alicyclic amines) is 1. The minimum Gasteiger partial charge on any atom is -0.376 e. The van der Waals surface area contributed by atoms with Gasteiger partial charge in [-0.2, -0.15) is 5.10 Å². The number of Topliss-reactive ketones (excluding diaryl/α,β-unsaturated/α-hetero) is 1. The number of ether oxygens (including phenoxy) is 1. The van der Waals surface area contributed by atoms with E-state index >= 15 is 0 Å². The minimum atomic E-state index is -0.258. The Morgan fingerprint density at radius 1 is 1.14 bits per heavy atom. The summed E-state index contributed by atoms with van der Waals surface area (Å²) in [7, 11) is 1.90. The van der Waals surface area contributed by atoms with Crippen LogP contribution < -0.4 is 0 Å². The van der Waals surface area contributed by atoms with E-state index in [4.69, 9.17) is 9.73 Å². The van der Waals surface area contributed by atoms with Crippen LogP contribution in [0.4, 0.5) is 0 Å². The topological polar surface area (TPSA) is 57.5 Å². The fraction of sp³-hybridized carbons (Fsp3) is 0.609. The molecule has 0 aromatic heterocycles. The van der Waals surface area contributed by atoms with Gasteiger partial charge in [0.2, 0.25) is 5.96 Å². The maximum Gasteiger partial charge on any atom is 0.218 e. The van der Waals surface area contributed by atoms with E-state index in [2.05, 4.69) is 47.3 Å². The van der Waals surface area contributed by atoms with Crippen molar-refractivity contribution in [2.75, 3.05) is 20.2 Å². The average Bonchev–Trinajstić information content (AvgIpc) is 2.88. The lowest BCUT2D eigenvalue weighted by molar-refractivity contribution is -0.122. The third-order valence-corrected chi connectivity index (χ3v) is 6.40. The number of hydrogen-bond acceptors (Lipinski definition) is 6. The first-order chi connectivity index (χ1) is 14.1. The second kappa shape index (κ2) is 9.08. The van der Waals surface area contributed by atoms with E-state index in [1.165, 1.54) is 5.56 Å². The van der Waals surface area contributed by atoms with Gasteiger partial charge in [0.25, 0.3) is 0 Å². The van der Waals surface area contributed by atoms with Crippen molar-refractivity contribution in [3.8, 4) is 0 Å². The molecular formula is C23H32N4O2. The first-order valence-electron chi connectivity index (χ1n) is 10.9. The second-order valence-electron chi connectivity index (χ2n) is 8.45. The number of benzene rings is 1. The summed E-state index contributed by atoms with van der Waals surface area (Å²) in [5.74, 6) is 1.67. The van der Waals surface area contributed by atoms with Crippen molar-refractivity contribution in [1.82, 2.24) is 9.91 Å². The van der Waals surface area contributed by atoms with Crippen molar-refractivity contribution >= 4 is 18.0 Å². The number of nitrogens with zero attached hydrogens (tertiary/aromatic N) is 4. The smallest absolute Gasteiger partial charge is 0.218 e. The Kier molecular flexibility index (Phi) is 6.28. The Labute approximate surface area is 173 Å². The Hall–Kier alpha value is -2.21. The Balaban J connectivity index is 1.35. The molecule has 1 aromatic carbocycles. The summed E-state index contributed by atoms with van der Waals surface area (Å²) < 4.78 is 6.28. The first-order valence-corrected chi connectivity index (χ1v) is 10.9. The van der Waals surface area contributed by atoms with Gasteiger partial charge in [0.15, 0.2) is 5.78 Å². The van der Waals surface area contributed by atoms with E-state index in [9.17, 15) is 4.79 Å². The molecule has 3 aliphatic rings. The number of ketones is 1. The van der Waals surface area contributed by atoms with Crippen molar-refractivity contribution in [2.24, 2.45) is 10.1 Å². The molecule has 6 heteroatoms. The molecule has 6 nitrogen and oxygen atoms in total. The number of guanidine groups is 1. The van der Waals surface area contributed by atoms with Gasteiger partial charge in [-0.3, -0.25) is 9.79 Å². The number of hydrogen-bond donors (Lipinski definition) is 0. The van der Waals surface area contributed by atoms with Crippen LogP contribution in [0.1, 0.15) is 56.9 Å². The Morgan fingerprint density at radius 3 is 2.66 bits per heavy atom. The third kappa shape index (κ3) is 4.53. The number of hydrazone groups is 1. The molecule has 2 fully saturated rings. The van der Waals surface area contributed by atoms with Crippen molar-refractivity contribution < 1.29 is 9.53 Å².